The maximum absolute atomic E-state index is 12.3. The monoisotopic (exact) mass is 363 g/mol. The molecule has 0 heterocycles. The molecule has 1 saturated carbocycles. The van der Waals surface area contributed by atoms with Crippen molar-refractivity contribution in [3.63, 3.8) is 0 Å². The van der Waals surface area contributed by atoms with Crippen molar-refractivity contribution < 1.29 is 23.1 Å². The summed E-state index contributed by atoms with van der Waals surface area (Å²) in [5.41, 5.74) is -1.37. The van der Waals surface area contributed by atoms with Gasteiger partial charge in [-0.05, 0) is 53.4 Å². The van der Waals surface area contributed by atoms with Crippen LogP contribution in [-0.2, 0) is 14.8 Å². The molecule has 1 aliphatic carbocycles. The lowest BCUT2D eigenvalue weighted by molar-refractivity contribution is -0.147. The molecule has 8 heteroatoms. The van der Waals surface area contributed by atoms with Crippen LogP contribution in [0.4, 0.5) is 0 Å². The van der Waals surface area contributed by atoms with E-state index >= 15 is 0 Å². The summed E-state index contributed by atoms with van der Waals surface area (Å²) in [5, 5.41) is 9.17. The lowest BCUT2D eigenvalue weighted by Gasteiger charge is -2.37. The molecule has 1 aromatic rings. The molecule has 1 aromatic carbocycles. The number of sulfonamides is 1. The van der Waals surface area contributed by atoms with Crippen LogP contribution in [0, 0.1) is 0 Å². The highest BCUT2D eigenvalue weighted by atomic mass is 79.9. The summed E-state index contributed by atoms with van der Waals surface area (Å²) in [6.45, 7) is 0. The molecule has 0 bridgehead atoms. The Kier molecular flexibility index (Phi) is 4.08. The second kappa shape index (κ2) is 5.34. The van der Waals surface area contributed by atoms with Crippen LogP contribution in [0.2, 0.25) is 0 Å². The van der Waals surface area contributed by atoms with Crippen LogP contribution in [0.15, 0.2) is 27.6 Å². The van der Waals surface area contributed by atoms with E-state index in [1.165, 1.54) is 25.3 Å². The Morgan fingerprint density at radius 3 is 2.50 bits per heavy atom. The van der Waals surface area contributed by atoms with Crippen LogP contribution in [0.25, 0.3) is 0 Å². The summed E-state index contributed by atoms with van der Waals surface area (Å²) < 4.78 is 32.3. The number of carbonyl (C=O) groups is 1. The van der Waals surface area contributed by atoms with E-state index in [0.717, 1.165) is 0 Å². The molecule has 2 rings (SSSR count). The lowest BCUT2D eigenvalue weighted by Crippen LogP contribution is -2.58. The molecule has 1 aliphatic rings. The number of nitrogens with one attached hydrogen (secondary N) is 1. The predicted molar refractivity (Wildman–Crippen MR) is 75.2 cm³/mol. The second-order valence-corrected chi connectivity index (χ2v) is 7.18. The summed E-state index contributed by atoms with van der Waals surface area (Å²) in [6.07, 6.45) is 1.30. The maximum atomic E-state index is 12.3. The first kappa shape index (κ1) is 15.3. The molecular formula is C12H14BrNO5S. The van der Waals surface area contributed by atoms with E-state index in [9.17, 15) is 18.3 Å². The molecular weight excluding hydrogens is 350 g/mol. The fourth-order valence-electron chi connectivity index (χ4n) is 2.02. The highest BCUT2D eigenvalue weighted by Gasteiger charge is 2.47. The Morgan fingerprint density at radius 1 is 1.45 bits per heavy atom. The van der Waals surface area contributed by atoms with Crippen molar-refractivity contribution in [3.05, 3.63) is 22.7 Å². The number of methoxy groups -OCH3 is 1. The van der Waals surface area contributed by atoms with Crippen LogP contribution >= 0.6 is 15.9 Å². The molecule has 6 nitrogen and oxygen atoms in total. The van der Waals surface area contributed by atoms with Crippen LogP contribution < -0.4 is 9.46 Å². The zero-order valence-corrected chi connectivity index (χ0v) is 13.1. The van der Waals surface area contributed by atoms with Gasteiger partial charge in [0.25, 0.3) is 0 Å². The van der Waals surface area contributed by atoms with E-state index in [0.29, 0.717) is 29.5 Å². The van der Waals surface area contributed by atoms with Crippen LogP contribution in [0.3, 0.4) is 0 Å². The van der Waals surface area contributed by atoms with Gasteiger partial charge in [-0.1, -0.05) is 0 Å². The standard InChI is InChI=1S/C12H14BrNO5S/c1-19-10-4-3-8(7-9(10)13)20(17,18)14-12(11(15)16)5-2-6-12/h3-4,7,14H,2,5-6H2,1H3,(H,15,16). The number of aliphatic carboxylic acids is 1. The second-order valence-electron chi connectivity index (χ2n) is 4.64. The van der Waals surface area contributed by atoms with Crippen molar-refractivity contribution in [1.29, 1.82) is 0 Å². The Morgan fingerprint density at radius 2 is 2.10 bits per heavy atom. The third-order valence-electron chi connectivity index (χ3n) is 3.38. The maximum Gasteiger partial charge on any atom is 0.324 e. The predicted octanol–water partition coefficient (Wildman–Crippen LogP) is 1.74. The van der Waals surface area contributed by atoms with Crippen LogP contribution in [-0.4, -0.2) is 32.1 Å². The van der Waals surface area contributed by atoms with Crippen LogP contribution in [0.1, 0.15) is 19.3 Å². The molecule has 0 unspecified atom stereocenters. The topological polar surface area (TPSA) is 92.7 Å². The van der Waals surface area contributed by atoms with Crippen molar-refractivity contribution in [2.75, 3.05) is 7.11 Å². The molecule has 110 valence electrons. The Bertz CT molecular complexity index is 639. The normalized spacial score (nSPS) is 17.3. The number of carboxylic acids is 1. The summed E-state index contributed by atoms with van der Waals surface area (Å²) >= 11 is 3.21. The minimum Gasteiger partial charge on any atom is -0.496 e. The van der Waals surface area contributed by atoms with E-state index in [-0.39, 0.29) is 4.90 Å². The summed E-state index contributed by atoms with van der Waals surface area (Å²) in [6, 6.07) is 4.27. The van der Waals surface area contributed by atoms with E-state index in [1.807, 2.05) is 0 Å². The van der Waals surface area contributed by atoms with Gasteiger partial charge in [0, 0.05) is 0 Å². The number of ether oxygens (including phenoxy) is 1. The molecule has 0 amide bonds. The van der Waals surface area contributed by atoms with Gasteiger partial charge >= 0.3 is 5.97 Å². The van der Waals surface area contributed by atoms with Gasteiger partial charge in [-0.3, -0.25) is 4.79 Å². The van der Waals surface area contributed by atoms with Gasteiger partial charge in [0.15, 0.2) is 0 Å². The van der Waals surface area contributed by atoms with Crippen molar-refractivity contribution in [2.24, 2.45) is 0 Å². The van der Waals surface area contributed by atoms with Crippen molar-refractivity contribution in [3.8, 4) is 5.75 Å². The van der Waals surface area contributed by atoms with Crippen molar-refractivity contribution >= 4 is 31.9 Å². The number of halogens is 1. The Balaban J connectivity index is 2.31. The average molecular weight is 364 g/mol. The summed E-state index contributed by atoms with van der Waals surface area (Å²) in [4.78, 5) is 11.2. The Labute approximate surface area is 125 Å². The largest absolute Gasteiger partial charge is 0.496 e. The van der Waals surface area contributed by atoms with Gasteiger partial charge in [-0.2, -0.15) is 4.72 Å². The fraction of sp³-hybridized carbons (Fsp3) is 0.417. The molecule has 0 saturated heterocycles. The van der Waals surface area contributed by atoms with Crippen molar-refractivity contribution in [2.45, 2.75) is 29.7 Å². The van der Waals surface area contributed by atoms with Gasteiger partial charge in [0.2, 0.25) is 10.0 Å². The summed E-state index contributed by atoms with van der Waals surface area (Å²) in [7, 11) is -2.42. The first-order valence-electron chi connectivity index (χ1n) is 5.92. The molecule has 0 spiro atoms. The van der Waals surface area contributed by atoms with Gasteiger partial charge in [-0.15, -0.1) is 0 Å². The number of hydrogen-bond donors (Lipinski definition) is 2. The number of carboxylic acid groups (broad SMARTS) is 1. The number of benzene rings is 1. The van der Waals surface area contributed by atoms with Gasteiger partial charge < -0.3 is 9.84 Å². The highest BCUT2D eigenvalue weighted by molar-refractivity contribution is 9.10. The molecule has 2 N–H and O–H groups in total. The average Bonchev–Trinajstić information content (AvgIpc) is 2.33. The molecule has 0 radical (unpaired) electrons. The zero-order valence-electron chi connectivity index (χ0n) is 10.7. The smallest absolute Gasteiger partial charge is 0.324 e. The number of hydrogen-bond acceptors (Lipinski definition) is 4. The molecule has 20 heavy (non-hydrogen) atoms. The molecule has 0 aromatic heterocycles. The lowest BCUT2D eigenvalue weighted by atomic mass is 9.78. The Hall–Kier alpha value is -1.12. The third-order valence-corrected chi connectivity index (χ3v) is 5.53. The van der Waals surface area contributed by atoms with Crippen molar-refractivity contribution in [1.82, 2.24) is 4.72 Å². The highest BCUT2D eigenvalue weighted by Crippen LogP contribution is 2.34. The minimum atomic E-state index is -3.89. The molecule has 1 fully saturated rings. The number of rotatable bonds is 5. The van der Waals surface area contributed by atoms with Gasteiger partial charge in [-0.25, -0.2) is 8.42 Å². The SMILES string of the molecule is COc1ccc(S(=O)(=O)NC2(C(=O)O)CCC2)cc1Br. The van der Waals surface area contributed by atoms with E-state index in [1.54, 1.807) is 0 Å². The first-order chi connectivity index (χ1) is 9.31. The van der Waals surface area contributed by atoms with E-state index in [2.05, 4.69) is 20.7 Å². The zero-order chi connectivity index (χ0) is 15.0. The van der Waals surface area contributed by atoms with Gasteiger partial charge in [0.05, 0.1) is 16.5 Å². The molecule has 0 atom stereocenters. The third kappa shape index (κ3) is 2.68. The van der Waals surface area contributed by atoms with E-state index in [4.69, 9.17) is 4.74 Å². The van der Waals surface area contributed by atoms with Gasteiger partial charge in [0.1, 0.15) is 11.3 Å². The quantitative estimate of drug-likeness (QED) is 0.830. The molecule has 0 aliphatic heterocycles. The van der Waals surface area contributed by atoms with E-state index < -0.39 is 21.5 Å². The van der Waals surface area contributed by atoms with Crippen LogP contribution in [0.5, 0.6) is 5.75 Å². The summed E-state index contributed by atoms with van der Waals surface area (Å²) in [5.74, 6) is -0.638. The minimum absolute atomic E-state index is 0.00213. The first-order valence-corrected chi connectivity index (χ1v) is 8.19. The fourth-order valence-corrected chi connectivity index (χ4v) is 4.16.